The Morgan fingerprint density at radius 3 is 2.77 bits per heavy atom. The summed E-state index contributed by atoms with van der Waals surface area (Å²) in [5, 5.41) is 12.4. The summed E-state index contributed by atoms with van der Waals surface area (Å²) in [5.41, 5.74) is 0. The predicted octanol–water partition coefficient (Wildman–Crippen LogP) is 0.297. The summed E-state index contributed by atoms with van der Waals surface area (Å²) in [6.07, 6.45) is 0. The van der Waals surface area contributed by atoms with Crippen LogP contribution in [-0.2, 0) is 0 Å². The van der Waals surface area contributed by atoms with E-state index in [1.807, 2.05) is 0 Å². The second-order valence-electron chi connectivity index (χ2n) is 4.34. The molecule has 3 heteroatoms. The van der Waals surface area contributed by atoms with Gasteiger partial charge in [-0.15, -0.1) is 0 Å². The fraction of sp³-hybridized carbons (Fsp3) is 1.00. The van der Waals surface area contributed by atoms with E-state index in [9.17, 15) is 0 Å². The molecule has 1 fully saturated rings. The summed E-state index contributed by atoms with van der Waals surface area (Å²) in [6, 6.07) is 1.14. The first-order valence-corrected chi connectivity index (χ1v) is 5.23. The molecule has 0 aliphatic carbocycles. The monoisotopic (exact) mass is 186 g/mol. The molecule has 2 N–H and O–H groups in total. The molecular formula is C10H22N2O. The number of hydrogen-bond acceptors (Lipinski definition) is 3. The van der Waals surface area contributed by atoms with Gasteiger partial charge in [-0.25, -0.2) is 0 Å². The number of nitrogens with zero attached hydrogens (tertiary/aromatic N) is 1. The van der Waals surface area contributed by atoms with Crippen molar-refractivity contribution in [3.8, 4) is 0 Å². The van der Waals surface area contributed by atoms with Crippen LogP contribution in [0.15, 0.2) is 0 Å². The summed E-state index contributed by atoms with van der Waals surface area (Å²) < 4.78 is 0. The quantitative estimate of drug-likeness (QED) is 0.665. The Labute approximate surface area is 81.1 Å². The first-order valence-electron chi connectivity index (χ1n) is 5.23. The van der Waals surface area contributed by atoms with Gasteiger partial charge in [0, 0.05) is 31.7 Å². The summed E-state index contributed by atoms with van der Waals surface area (Å²) in [6.45, 7) is 9.88. The molecule has 0 aromatic rings. The lowest BCUT2D eigenvalue weighted by molar-refractivity contribution is 0.0822. The van der Waals surface area contributed by atoms with E-state index in [0.717, 1.165) is 19.6 Å². The van der Waals surface area contributed by atoms with E-state index in [4.69, 9.17) is 5.11 Å². The maximum atomic E-state index is 8.94. The van der Waals surface area contributed by atoms with Gasteiger partial charge >= 0.3 is 0 Å². The van der Waals surface area contributed by atoms with Crippen LogP contribution in [0, 0.1) is 5.92 Å². The van der Waals surface area contributed by atoms with Gasteiger partial charge in [0.15, 0.2) is 0 Å². The fourth-order valence-corrected chi connectivity index (χ4v) is 2.05. The highest BCUT2D eigenvalue weighted by Crippen LogP contribution is 2.14. The number of aliphatic hydroxyl groups is 1. The van der Waals surface area contributed by atoms with Gasteiger partial charge in [-0.1, -0.05) is 13.8 Å². The lowest BCUT2D eigenvalue weighted by Gasteiger charge is -2.41. The summed E-state index contributed by atoms with van der Waals surface area (Å²) in [5.74, 6) is 0.659. The molecule has 78 valence electrons. The van der Waals surface area contributed by atoms with Crippen molar-refractivity contribution >= 4 is 0 Å². The van der Waals surface area contributed by atoms with Crippen molar-refractivity contribution in [3.05, 3.63) is 0 Å². The molecule has 0 aromatic heterocycles. The first kappa shape index (κ1) is 11.0. The molecule has 0 aromatic carbocycles. The van der Waals surface area contributed by atoms with Crippen LogP contribution in [0.3, 0.4) is 0 Å². The van der Waals surface area contributed by atoms with Gasteiger partial charge in [0.05, 0.1) is 6.61 Å². The van der Waals surface area contributed by atoms with Crippen molar-refractivity contribution in [1.29, 1.82) is 0 Å². The van der Waals surface area contributed by atoms with Crippen LogP contribution in [0.2, 0.25) is 0 Å². The molecule has 1 aliphatic rings. The minimum atomic E-state index is 0.274. The van der Waals surface area contributed by atoms with E-state index < -0.39 is 0 Å². The normalized spacial score (nSPS) is 31.2. The Kier molecular flexibility index (Phi) is 4.16. The lowest BCUT2D eigenvalue weighted by atomic mass is 9.99. The summed E-state index contributed by atoms with van der Waals surface area (Å²) in [4.78, 5) is 2.39. The van der Waals surface area contributed by atoms with Gasteiger partial charge in [-0.3, -0.25) is 4.90 Å². The highest BCUT2D eigenvalue weighted by atomic mass is 16.3. The Hall–Kier alpha value is -0.120. The Morgan fingerprint density at radius 2 is 2.23 bits per heavy atom. The molecule has 1 rings (SSSR count). The average Bonchev–Trinajstić information content (AvgIpc) is 2.04. The number of aliphatic hydroxyl groups excluding tert-OH is 1. The van der Waals surface area contributed by atoms with Crippen LogP contribution in [-0.4, -0.2) is 48.3 Å². The zero-order valence-electron chi connectivity index (χ0n) is 8.95. The van der Waals surface area contributed by atoms with Crippen LogP contribution in [0.1, 0.15) is 20.8 Å². The van der Waals surface area contributed by atoms with E-state index in [1.165, 1.54) is 0 Å². The van der Waals surface area contributed by atoms with E-state index >= 15 is 0 Å². The Balaban J connectivity index is 2.50. The van der Waals surface area contributed by atoms with Gasteiger partial charge in [-0.2, -0.15) is 0 Å². The summed E-state index contributed by atoms with van der Waals surface area (Å²) in [7, 11) is 0. The number of rotatable bonds is 3. The molecule has 0 radical (unpaired) electrons. The third-order valence-electron chi connectivity index (χ3n) is 2.81. The SMILES string of the molecule is CC1CN(CCO)C(C(C)C)CN1. The Morgan fingerprint density at radius 1 is 1.54 bits per heavy atom. The van der Waals surface area contributed by atoms with E-state index in [-0.39, 0.29) is 6.61 Å². The van der Waals surface area contributed by atoms with Gasteiger partial charge in [0.25, 0.3) is 0 Å². The van der Waals surface area contributed by atoms with Crippen molar-refractivity contribution in [3.63, 3.8) is 0 Å². The number of β-amino-alcohol motifs (C(OH)–C–C–N with tert-alkyl or cyclic N) is 1. The van der Waals surface area contributed by atoms with Crippen LogP contribution < -0.4 is 5.32 Å². The average molecular weight is 186 g/mol. The third kappa shape index (κ3) is 2.93. The van der Waals surface area contributed by atoms with Crippen molar-refractivity contribution in [2.45, 2.75) is 32.9 Å². The van der Waals surface area contributed by atoms with Crippen LogP contribution in [0.5, 0.6) is 0 Å². The van der Waals surface area contributed by atoms with Crippen molar-refractivity contribution < 1.29 is 5.11 Å². The molecule has 1 aliphatic heterocycles. The molecular weight excluding hydrogens is 164 g/mol. The minimum Gasteiger partial charge on any atom is -0.395 e. The van der Waals surface area contributed by atoms with Gasteiger partial charge in [0.2, 0.25) is 0 Å². The zero-order valence-corrected chi connectivity index (χ0v) is 8.95. The standard InChI is InChI=1S/C10H22N2O/c1-8(2)10-6-11-9(3)7-12(10)4-5-13/h8-11,13H,4-7H2,1-3H3. The molecule has 0 bridgehead atoms. The summed E-state index contributed by atoms with van der Waals surface area (Å²) >= 11 is 0. The molecule has 1 saturated heterocycles. The molecule has 3 nitrogen and oxygen atoms in total. The number of hydrogen-bond donors (Lipinski definition) is 2. The van der Waals surface area contributed by atoms with Gasteiger partial charge in [0.1, 0.15) is 0 Å². The first-order chi connectivity index (χ1) is 6.15. The van der Waals surface area contributed by atoms with Crippen LogP contribution in [0.25, 0.3) is 0 Å². The van der Waals surface area contributed by atoms with Gasteiger partial charge < -0.3 is 10.4 Å². The van der Waals surface area contributed by atoms with E-state index in [1.54, 1.807) is 0 Å². The maximum absolute atomic E-state index is 8.94. The molecule has 13 heavy (non-hydrogen) atoms. The van der Waals surface area contributed by atoms with Crippen molar-refractivity contribution in [2.75, 3.05) is 26.2 Å². The highest BCUT2D eigenvalue weighted by Gasteiger charge is 2.27. The van der Waals surface area contributed by atoms with Gasteiger partial charge in [-0.05, 0) is 12.8 Å². The number of piperazine rings is 1. The number of nitrogens with one attached hydrogen (secondary N) is 1. The largest absolute Gasteiger partial charge is 0.395 e. The predicted molar refractivity (Wildman–Crippen MR) is 54.7 cm³/mol. The topological polar surface area (TPSA) is 35.5 Å². The molecule has 0 saturated carbocycles. The molecule has 2 atom stereocenters. The molecule has 0 spiro atoms. The smallest absolute Gasteiger partial charge is 0.0558 e. The zero-order chi connectivity index (χ0) is 9.84. The highest BCUT2D eigenvalue weighted by molar-refractivity contribution is 4.85. The van der Waals surface area contributed by atoms with E-state index in [2.05, 4.69) is 31.0 Å². The third-order valence-corrected chi connectivity index (χ3v) is 2.81. The fourth-order valence-electron chi connectivity index (χ4n) is 2.05. The Bertz CT molecular complexity index is 150. The maximum Gasteiger partial charge on any atom is 0.0558 e. The van der Waals surface area contributed by atoms with Crippen LogP contribution in [0.4, 0.5) is 0 Å². The second-order valence-corrected chi connectivity index (χ2v) is 4.34. The molecule has 2 unspecified atom stereocenters. The molecule has 0 amide bonds. The van der Waals surface area contributed by atoms with E-state index in [0.29, 0.717) is 18.0 Å². The van der Waals surface area contributed by atoms with Crippen molar-refractivity contribution in [2.24, 2.45) is 5.92 Å². The molecule has 1 heterocycles. The van der Waals surface area contributed by atoms with Crippen LogP contribution >= 0.6 is 0 Å². The minimum absolute atomic E-state index is 0.274. The second kappa shape index (κ2) is 4.94. The van der Waals surface area contributed by atoms with Crippen molar-refractivity contribution in [1.82, 2.24) is 10.2 Å². The lowest BCUT2D eigenvalue weighted by Crippen LogP contribution is -2.57.